The van der Waals surface area contributed by atoms with Gasteiger partial charge in [-0.15, -0.1) is 11.8 Å². The zero-order valence-electron chi connectivity index (χ0n) is 13.6. The first-order chi connectivity index (χ1) is 11.7. The van der Waals surface area contributed by atoms with E-state index in [0.29, 0.717) is 13.1 Å². The fourth-order valence-corrected chi connectivity index (χ4v) is 4.79. The van der Waals surface area contributed by atoms with Crippen molar-refractivity contribution in [1.82, 2.24) is 4.90 Å². The van der Waals surface area contributed by atoms with Crippen LogP contribution in [0.15, 0.2) is 53.4 Å². The number of benzene rings is 2. The third kappa shape index (κ3) is 3.78. The van der Waals surface area contributed by atoms with Crippen molar-refractivity contribution < 1.29 is 9.18 Å². The summed E-state index contributed by atoms with van der Waals surface area (Å²) >= 11 is 3.33. The summed E-state index contributed by atoms with van der Waals surface area (Å²) in [7, 11) is 0. The number of amides is 1. The molecule has 1 saturated heterocycles. The molecule has 0 spiro atoms. The minimum absolute atomic E-state index is 0.0785. The molecule has 126 valence electrons. The van der Waals surface area contributed by atoms with Crippen LogP contribution in [0.25, 0.3) is 0 Å². The van der Waals surface area contributed by atoms with Crippen LogP contribution in [0.3, 0.4) is 0 Å². The quantitative estimate of drug-likeness (QED) is 0.728. The van der Waals surface area contributed by atoms with Crippen LogP contribution < -0.4 is 0 Å². The molecule has 1 aliphatic heterocycles. The second kappa shape index (κ2) is 8.08. The summed E-state index contributed by atoms with van der Waals surface area (Å²) in [5.74, 6) is 0.754. The third-order valence-electron chi connectivity index (χ3n) is 4.22. The largest absolute Gasteiger partial charge is 0.338 e. The minimum atomic E-state index is -0.150. The molecule has 2 aromatic carbocycles. The zero-order valence-corrected chi connectivity index (χ0v) is 15.2. The minimum Gasteiger partial charge on any atom is -0.338 e. The predicted molar refractivity (Wildman–Crippen MR) is 100 cm³/mol. The van der Waals surface area contributed by atoms with Gasteiger partial charge in [0.05, 0.1) is 5.56 Å². The topological polar surface area (TPSA) is 20.3 Å². The highest BCUT2D eigenvalue weighted by molar-refractivity contribution is 7.99. The van der Waals surface area contributed by atoms with Crippen molar-refractivity contribution in [3.8, 4) is 0 Å². The van der Waals surface area contributed by atoms with Gasteiger partial charge in [0.2, 0.25) is 0 Å². The first-order valence-electron chi connectivity index (χ1n) is 7.99. The van der Waals surface area contributed by atoms with Gasteiger partial charge >= 0.3 is 0 Å². The van der Waals surface area contributed by atoms with Crippen molar-refractivity contribution in [2.24, 2.45) is 0 Å². The van der Waals surface area contributed by atoms with Crippen LogP contribution >= 0.6 is 23.5 Å². The summed E-state index contributed by atoms with van der Waals surface area (Å²) in [5, 5.41) is 0.111. The van der Waals surface area contributed by atoms with Crippen molar-refractivity contribution in [3.63, 3.8) is 0 Å². The van der Waals surface area contributed by atoms with Gasteiger partial charge in [-0.3, -0.25) is 4.79 Å². The van der Waals surface area contributed by atoms with E-state index in [0.717, 1.165) is 28.2 Å². The molecule has 3 rings (SSSR count). The lowest BCUT2D eigenvalue weighted by molar-refractivity contribution is 0.0763. The lowest BCUT2D eigenvalue weighted by atomic mass is 10.1. The summed E-state index contributed by atoms with van der Waals surface area (Å²) in [6.07, 6.45) is 2.76. The lowest BCUT2D eigenvalue weighted by Gasteiger charge is -2.21. The number of thioether (sulfide) groups is 2. The van der Waals surface area contributed by atoms with Crippen molar-refractivity contribution >= 4 is 29.4 Å². The van der Waals surface area contributed by atoms with E-state index < -0.39 is 0 Å². The highest BCUT2D eigenvalue weighted by atomic mass is 32.2. The van der Waals surface area contributed by atoms with E-state index in [9.17, 15) is 9.18 Å². The molecule has 0 aromatic heterocycles. The van der Waals surface area contributed by atoms with E-state index in [1.165, 1.54) is 6.07 Å². The number of rotatable bonds is 3. The van der Waals surface area contributed by atoms with E-state index in [1.807, 2.05) is 47.6 Å². The predicted octanol–water partition coefficient (Wildman–Crippen LogP) is 4.87. The maximum absolute atomic E-state index is 14.0. The van der Waals surface area contributed by atoms with Crippen LogP contribution in [-0.2, 0) is 0 Å². The molecular weight excluding hydrogens is 341 g/mol. The number of nitrogens with zero attached hydrogens (tertiary/aromatic N) is 1. The van der Waals surface area contributed by atoms with Gasteiger partial charge in [0.15, 0.2) is 0 Å². The van der Waals surface area contributed by atoms with Crippen LogP contribution in [0.2, 0.25) is 0 Å². The molecule has 0 N–H and O–H groups in total. The van der Waals surface area contributed by atoms with Crippen molar-refractivity contribution in [3.05, 3.63) is 65.5 Å². The van der Waals surface area contributed by atoms with E-state index >= 15 is 0 Å². The smallest absolute Gasteiger partial charge is 0.255 e. The molecule has 0 saturated carbocycles. The van der Waals surface area contributed by atoms with Crippen LogP contribution in [0.1, 0.15) is 27.6 Å². The van der Waals surface area contributed by atoms with Crippen LogP contribution in [0.4, 0.5) is 4.39 Å². The van der Waals surface area contributed by atoms with Gasteiger partial charge in [0.25, 0.3) is 5.91 Å². The summed E-state index contributed by atoms with van der Waals surface area (Å²) in [4.78, 5) is 15.8. The maximum Gasteiger partial charge on any atom is 0.255 e. The first kappa shape index (κ1) is 17.4. The molecule has 0 bridgehead atoms. The molecule has 1 aliphatic rings. The number of halogens is 1. The van der Waals surface area contributed by atoms with Crippen molar-refractivity contribution in [1.29, 1.82) is 0 Å². The fourth-order valence-electron chi connectivity index (χ4n) is 2.95. The zero-order chi connectivity index (χ0) is 16.9. The first-order valence-corrected chi connectivity index (χ1v) is 10.3. The monoisotopic (exact) mass is 361 g/mol. The standard InChI is InChI=1S/C19H20FNOS2/c1-23-17-9-5-3-7-15(17)19(22)21-11-10-18(24-13-12-21)14-6-2-4-8-16(14)20/h2-9,18H,10-13H2,1H3. The molecule has 0 aliphatic carbocycles. The van der Waals surface area contributed by atoms with E-state index in [-0.39, 0.29) is 17.0 Å². The Morgan fingerprint density at radius 1 is 1.17 bits per heavy atom. The Morgan fingerprint density at radius 3 is 2.71 bits per heavy atom. The molecule has 1 heterocycles. The normalized spacial score (nSPS) is 18.2. The Morgan fingerprint density at radius 2 is 1.92 bits per heavy atom. The molecule has 2 nitrogen and oxygen atoms in total. The highest BCUT2D eigenvalue weighted by Gasteiger charge is 2.25. The summed E-state index contributed by atoms with van der Waals surface area (Å²) in [6, 6.07) is 14.7. The van der Waals surface area contributed by atoms with Gasteiger partial charge < -0.3 is 4.90 Å². The molecular formula is C19H20FNOS2. The van der Waals surface area contributed by atoms with Crippen LogP contribution in [0, 0.1) is 5.82 Å². The van der Waals surface area contributed by atoms with Gasteiger partial charge in [-0.1, -0.05) is 30.3 Å². The number of hydrogen-bond donors (Lipinski definition) is 0. The Labute approximate surface area is 150 Å². The molecule has 24 heavy (non-hydrogen) atoms. The van der Waals surface area contributed by atoms with Gasteiger partial charge in [0.1, 0.15) is 5.82 Å². The number of carbonyl (C=O) groups excluding carboxylic acids is 1. The van der Waals surface area contributed by atoms with Crippen molar-refractivity contribution in [2.45, 2.75) is 16.6 Å². The Balaban J connectivity index is 1.74. The van der Waals surface area contributed by atoms with Gasteiger partial charge in [-0.25, -0.2) is 4.39 Å². The molecule has 1 atom stereocenters. The van der Waals surface area contributed by atoms with Gasteiger partial charge in [-0.05, 0) is 30.9 Å². The van der Waals surface area contributed by atoms with E-state index in [2.05, 4.69) is 0 Å². The second-order valence-electron chi connectivity index (χ2n) is 5.66. The van der Waals surface area contributed by atoms with E-state index in [4.69, 9.17) is 0 Å². The van der Waals surface area contributed by atoms with Gasteiger partial charge in [0, 0.05) is 34.6 Å². The van der Waals surface area contributed by atoms with E-state index in [1.54, 1.807) is 29.6 Å². The van der Waals surface area contributed by atoms with Crippen LogP contribution in [-0.4, -0.2) is 35.9 Å². The summed E-state index contributed by atoms with van der Waals surface area (Å²) in [5.41, 5.74) is 1.51. The molecule has 5 heteroatoms. The van der Waals surface area contributed by atoms with Crippen LogP contribution in [0.5, 0.6) is 0 Å². The van der Waals surface area contributed by atoms with Crippen molar-refractivity contribution in [2.75, 3.05) is 25.1 Å². The second-order valence-corrected chi connectivity index (χ2v) is 7.82. The summed E-state index contributed by atoms with van der Waals surface area (Å²) in [6.45, 7) is 1.37. The molecule has 0 radical (unpaired) electrons. The molecule has 2 aromatic rings. The molecule has 1 amide bonds. The number of hydrogen-bond acceptors (Lipinski definition) is 3. The number of carbonyl (C=O) groups is 1. The SMILES string of the molecule is CSc1ccccc1C(=O)N1CCSC(c2ccccc2F)CC1. The Kier molecular flexibility index (Phi) is 5.85. The lowest BCUT2D eigenvalue weighted by Crippen LogP contribution is -2.33. The fraction of sp³-hybridized carbons (Fsp3) is 0.316. The molecule has 1 unspecified atom stereocenters. The summed E-state index contributed by atoms with van der Waals surface area (Å²) < 4.78 is 14.0. The Hall–Kier alpha value is -1.46. The highest BCUT2D eigenvalue weighted by Crippen LogP contribution is 2.36. The average Bonchev–Trinajstić information content (AvgIpc) is 2.87. The average molecular weight is 362 g/mol. The maximum atomic E-state index is 14.0. The third-order valence-corrected chi connectivity index (χ3v) is 6.32. The molecule has 1 fully saturated rings. The Bertz CT molecular complexity index is 722. The van der Waals surface area contributed by atoms with Gasteiger partial charge in [-0.2, -0.15) is 11.8 Å².